The minimum atomic E-state index is -0.267. The summed E-state index contributed by atoms with van der Waals surface area (Å²) in [6, 6.07) is 7.60. The van der Waals surface area contributed by atoms with Crippen molar-refractivity contribution in [3.8, 4) is 16.9 Å². The van der Waals surface area contributed by atoms with Crippen molar-refractivity contribution in [2.45, 2.75) is 0 Å². The second-order valence-electron chi connectivity index (χ2n) is 4.73. The Labute approximate surface area is 131 Å². The third-order valence-electron chi connectivity index (χ3n) is 3.31. The number of hydrogen-bond acceptors (Lipinski definition) is 3. The summed E-state index contributed by atoms with van der Waals surface area (Å²) >= 11 is 1.43. The standard InChI is InChI=1S/C16H15N3O2S/c1-19-6-7-22-16(19)18-15(20)14-10-17-9-13(14)11-4-3-5-12(8-11)21-2/h3-10,17H,1-2H3. The molecule has 22 heavy (non-hydrogen) atoms. The van der Waals surface area contributed by atoms with Gasteiger partial charge in [0.25, 0.3) is 5.91 Å². The summed E-state index contributed by atoms with van der Waals surface area (Å²) in [7, 11) is 3.48. The van der Waals surface area contributed by atoms with E-state index in [-0.39, 0.29) is 5.91 Å². The number of aryl methyl sites for hydroxylation is 1. The van der Waals surface area contributed by atoms with Crippen LogP contribution in [0.1, 0.15) is 10.4 Å². The van der Waals surface area contributed by atoms with E-state index in [4.69, 9.17) is 4.74 Å². The molecular formula is C16H15N3O2S. The van der Waals surface area contributed by atoms with Gasteiger partial charge in [-0.2, -0.15) is 4.99 Å². The van der Waals surface area contributed by atoms with Gasteiger partial charge < -0.3 is 14.3 Å². The largest absolute Gasteiger partial charge is 0.497 e. The molecule has 0 aliphatic carbocycles. The number of hydrogen-bond donors (Lipinski definition) is 1. The summed E-state index contributed by atoms with van der Waals surface area (Å²) in [5, 5.41) is 1.90. The van der Waals surface area contributed by atoms with Gasteiger partial charge in [-0.15, -0.1) is 11.3 Å². The van der Waals surface area contributed by atoms with Crippen LogP contribution in [0.25, 0.3) is 11.1 Å². The number of benzene rings is 1. The molecule has 0 spiro atoms. The molecule has 0 fully saturated rings. The van der Waals surface area contributed by atoms with Crippen molar-refractivity contribution in [3.63, 3.8) is 0 Å². The van der Waals surface area contributed by atoms with Crippen LogP contribution < -0.4 is 9.54 Å². The molecule has 0 saturated carbocycles. The summed E-state index contributed by atoms with van der Waals surface area (Å²) < 4.78 is 7.05. The number of nitrogens with zero attached hydrogens (tertiary/aromatic N) is 2. The SMILES string of the molecule is COc1cccc(-c2c[nH]cc2C(=O)N=c2sccn2C)c1. The van der Waals surface area contributed by atoms with Gasteiger partial charge in [-0.05, 0) is 17.7 Å². The maximum atomic E-state index is 12.4. The monoisotopic (exact) mass is 313 g/mol. The van der Waals surface area contributed by atoms with Crippen molar-refractivity contribution >= 4 is 17.2 Å². The highest BCUT2D eigenvalue weighted by Gasteiger charge is 2.14. The van der Waals surface area contributed by atoms with E-state index in [2.05, 4.69) is 9.98 Å². The summed E-state index contributed by atoms with van der Waals surface area (Å²) in [5.41, 5.74) is 2.27. The van der Waals surface area contributed by atoms with Crippen LogP contribution in [0.2, 0.25) is 0 Å². The van der Waals surface area contributed by atoms with Crippen LogP contribution >= 0.6 is 11.3 Å². The van der Waals surface area contributed by atoms with Gasteiger partial charge in [-0.3, -0.25) is 4.79 Å². The molecule has 3 rings (SSSR count). The molecule has 1 amide bonds. The lowest BCUT2D eigenvalue weighted by atomic mass is 10.0. The predicted molar refractivity (Wildman–Crippen MR) is 86.0 cm³/mol. The van der Waals surface area contributed by atoms with Crippen LogP contribution in [-0.4, -0.2) is 22.6 Å². The lowest BCUT2D eigenvalue weighted by Crippen LogP contribution is -2.12. The van der Waals surface area contributed by atoms with Gasteiger partial charge >= 0.3 is 0 Å². The smallest absolute Gasteiger partial charge is 0.281 e. The Kier molecular flexibility index (Phi) is 3.93. The molecule has 0 aliphatic rings. The number of nitrogens with one attached hydrogen (secondary N) is 1. The van der Waals surface area contributed by atoms with Gasteiger partial charge in [0, 0.05) is 36.6 Å². The molecule has 0 atom stereocenters. The number of carbonyl (C=O) groups is 1. The maximum absolute atomic E-state index is 12.4. The second-order valence-corrected chi connectivity index (χ2v) is 5.60. The summed E-state index contributed by atoms with van der Waals surface area (Å²) in [6.45, 7) is 0. The highest BCUT2D eigenvalue weighted by molar-refractivity contribution is 7.07. The number of methoxy groups -OCH3 is 1. The quantitative estimate of drug-likeness (QED) is 0.808. The third-order valence-corrected chi connectivity index (χ3v) is 4.16. The van der Waals surface area contributed by atoms with Crippen molar-refractivity contribution in [2.75, 3.05) is 7.11 Å². The van der Waals surface area contributed by atoms with Gasteiger partial charge in [0.2, 0.25) is 0 Å². The maximum Gasteiger partial charge on any atom is 0.281 e. The van der Waals surface area contributed by atoms with Crippen molar-refractivity contribution in [2.24, 2.45) is 12.0 Å². The van der Waals surface area contributed by atoms with Gasteiger partial charge in [0.1, 0.15) is 5.75 Å². The van der Waals surface area contributed by atoms with E-state index >= 15 is 0 Å². The zero-order chi connectivity index (χ0) is 15.5. The molecule has 6 heteroatoms. The Bertz CT molecular complexity index is 873. The van der Waals surface area contributed by atoms with Crippen LogP contribution in [0.4, 0.5) is 0 Å². The highest BCUT2D eigenvalue weighted by Crippen LogP contribution is 2.27. The fourth-order valence-corrected chi connectivity index (χ4v) is 2.88. The average Bonchev–Trinajstić information content (AvgIpc) is 3.17. The van der Waals surface area contributed by atoms with E-state index in [1.165, 1.54) is 11.3 Å². The number of H-pyrrole nitrogens is 1. The van der Waals surface area contributed by atoms with E-state index in [0.717, 1.165) is 16.9 Å². The molecule has 112 valence electrons. The number of aromatic amines is 1. The summed E-state index contributed by atoms with van der Waals surface area (Å²) in [5.74, 6) is 0.482. The van der Waals surface area contributed by atoms with Crippen LogP contribution in [0, 0.1) is 0 Å². The first-order chi connectivity index (χ1) is 10.7. The number of amides is 1. The Morgan fingerprint density at radius 3 is 2.95 bits per heavy atom. The summed E-state index contributed by atoms with van der Waals surface area (Å²) in [6.07, 6.45) is 5.34. The van der Waals surface area contributed by atoms with Crippen LogP contribution in [0.5, 0.6) is 5.75 Å². The minimum absolute atomic E-state index is 0.267. The molecule has 5 nitrogen and oxygen atoms in total. The fourth-order valence-electron chi connectivity index (χ4n) is 2.15. The Morgan fingerprint density at radius 1 is 1.36 bits per heavy atom. The molecule has 0 bridgehead atoms. The topological polar surface area (TPSA) is 59.4 Å². The van der Waals surface area contributed by atoms with Gasteiger partial charge in [-0.25, -0.2) is 0 Å². The molecule has 0 saturated heterocycles. The predicted octanol–water partition coefficient (Wildman–Crippen LogP) is 2.83. The van der Waals surface area contributed by atoms with Crippen LogP contribution in [0.3, 0.4) is 0 Å². The first-order valence-corrected chi connectivity index (χ1v) is 7.57. The molecule has 3 aromatic rings. The summed E-state index contributed by atoms with van der Waals surface area (Å²) in [4.78, 5) is 20.3. The highest BCUT2D eigenvalue weighted by atomic mass is 32.1. The number of rotatable bonds is 3. The first-order valence-electron chi connectivity index (χ1n) is 6.69. The zero-order valence-corrected chi connectivity index (χ0v) is 13.1. The van der Waals surface area contributed by atoms with Crippen molar-refractivity contribution in [1.29, 1.82) is 0 Å². The van der Waals surface area contributed by atoms with E-state index in [9.17, 15) is 4.79 Å². The fraction of sp³-hybridized carbons (Fsp3) is 0.125. The number of carbonyl (C=O) groups excluding carboxylic acids is 1. The zero-order valence-electron chi connectivity index (χ0n) is 12.2. The van der Waals surface area contributed by atoms with E-state index in [1.807, 2.05) is 47.5 Å². The molecule has 0 radical (unpaired) electrons. The molecule has 1 aromatic carbocycles. The number of ether oxygens (including phenoxy) is 1. The molecular weight excluding hydrogens is 298 g/mol. The first kappa shape index (κ1) is 14.3. The number of aromatic nitrogens is 2. The van der Waals surface area contributed by atoms with Crippen LogP contribution in [0.15, 0.2) is 53.2 Å². The molecule has 2 heterocycles. The van der Waals surface area contributed by atoms with Crippen molar-refractivity contribution in [1.82, 2.24) is 9.55 Å². The van der Waals surface area contributed by atoms with Gasteiger partial charge in [0.05, 0.1) is 12.7 Å². The van der Waals surface area contributed by atoms with E-state index in [1.54, 1.807) is 19.5 Å². The molecule has 1 N–H and O–H groups in total. The van der Waals surface area contributed by atoms with Gasteiger partial charge in [0.15, 0.2) is 4.80 Å². The van der Waals surface area contributed by atoms with E-state index < -0.39 is 0 Å². The Hall–Kier alpha value is -2.60. The van der Waals surface area contributed by atoms with Crippen molar-refractivity contribution in [3.05, 3.63) is 58.6 Å². The van der Waals surface area contributed by atoms with Gasteiger partial charge in [-0.1, -0.05) is 12.1 Å². The van der Waals surface area contributed by atoms with E-state index in [0.29, 0.717) is 10.4 Å². The minimum Gasteiger partial charge on any atom is -0.497 e. The number of thiazole rings is 1. The lowest BCUT2D eigenvalue weighted by molar-refractivity contribution is 0.0998. The lowest BCUT2D eigenvalue weighted by Gasteiger charge is -2.04. The molecule has 2 aromatic heterocycles. The second kappa shape index (κ2) is 6.03. The van der Waals surface area contributed by atoms with Crippen molar-refractivity contribution < 1.29 is 9.53 Å². The Morgan fingerprint density at radius 2 is 2.23 bits per heavy atom. The average molecular weight is 313 g/mol. The molecule has 0 aliphatic heterocycles. The van der Waals surface area contributed by atoms with Crippen LogP contribution in [-0.2, 0) is 7.05 Å². The molecule has 0 unspecified atom stereocenters. The third kappa shape index (κ3) is 2.73. The normalized spacial score (nSPS) is 11.6. The Balaban J connectivity index is 2.02.